The molecule has 1 atom stereocenters. The van der Waals surface area contributed by atoms with Crippen LogP contribution in [0.1, 0.15) is 33.6 Å². The van der Waals surface area contributed by atoms with Gasteiger partial charge in [-0.15, -0.1) is 0 Å². The van der Waals surface area contributed by atoms with Gasteiger partial charge in [0.2, 0.25) is 0 Å². The summed E-state index contributed by atoms with van der Waals surface area (Å²) < 4.78 is 6.26. The highest BCUT2D eigenvalue weighted by molar-refractivity contribution is 6.32. The van der Waals surface area contributed by atoms with Crippen molar-refractivity contribution in [1.29, 1.82) is 0 Å². The third-order valence-corrected chi connectivity index (χ3v) is 4.00. The fourth-order valence-electron chi connectivity index (χ4n) is 2.26. The van der Waals surface area contributed by atoms with Crippen molar-refractivity contribution in [3.8, 4) is 0 Å². The van der Waals surface area contributed by atoms with Crippen LogP contribution in [-0.4, -0.2) is 29.5 Å². The summed E-state index contributed by atoms with van der Waals surface area (Å²) in [6.07, 6.45) is 3.78. The molecule has 1 aromatic rings. The third-order valence-electron chi connectivity index (χ3n) is 3.63. The molecule has 6 heteroatoms. The Balaban J connectivity index is 2.87. The molecule has 114 valence electrons. The van der Waals surface area contributed by atoms with Crippen LogP contribution in [0.2, 0.25) is 5.02 Å². The topological polar surface area (TPSA) is 56.1 Å². The van der Waals surface area contributed by atoms with Crippen LogP contribution in [0.4, 0.5) is 5.69 Å². The molecule has 1 heterocycles. The largest absolute Gasteiger partial charge is 0.383 e. The van der Waals surface area contributed by atoms with Gasteiger partial charge in [-0.3, -0.25) is 4.79 Å². The number of nitrogens with one attached hydrogen (secondary N) is 1. The van der Waals surface area contributed by atoms with Crippen molar-refractivity contribution in [2.75, 3.05) is 19.0 Å². The second-order valence-electron chi connectivity index (χ2n) is 4.90. The first-order valence-electron chi connectivity index (χ1n) is 7.06. The lowest BCUT2D eigenvalue weighted by Crippen LogP contribution is -2.29. The predicted molar refractivity (Wildman–Crippen MR) is 82.5 cm³/mol. The van der Waals surface area contributed by atoms with Gasteiger partial charge < -0.3 is 10.1 Å². The molecule has 1 N–H and O–H groups in total. The summed E-state index contributed by atoms with van der Waals surface area (Å²) in [4.78, 5) is 12.1. The molecule has 0 fully saturated rings. The average molecular weight is 302 g/mol. The van der Waals surface area contributed by atoms with Gasteiger partial charge >= 0.3 is 0 Å². The van der Waals surface area contributed by atoms with Crippen molar-refractivity contribution < 1.29 is 4.74 Å². The van der Waals surface area contributed by atoms with Gasteiger partial charge in [0.15, 0.2) is 0 Å². The molecular weight excluding hydrogens is 278 g/mol. The standard InChI is InChI=1S/C14H24ClN3O2/c1-5-11(6-2)10(3)17-12-9-16-18(7-8-20-4)14(19)13(12)15/h9-11,17H,5-8H2,1-4H3. The average Bonchev–Trinajstić information content (AvgIpc) is 2.44. The summed E-state index contributed by atoms with van der Waals surface area (Å²) >= 11 is 6.14. The Morgan fingerprint density at radius 2 is 2.10 bits per heavy atom. The summed E-state index contributed by atoms with van der Waals surface area (Å²) in [6, 6.07) is 0.249. The molecule has 0 saturated heterocycles. The zero-order chi connectivity index (χ0) is 15.1. The number of nitrogens with zero attached hydrogens (tertiary/aromatic N) is 2. The van der Waals surface area contributed by atoms with E-state index in [9.17, 15) is 4.79 Å². The number of halogens is 1. The van der Waals surface area contributed by atoms with E-state index < -0.39 is 0 Å². The van der Waals surface area contributed by atoms with E-state index >= 15 is 0 Å². The van der Waals surface area contributed by atoms with Crippen LogP contribution in [0.5, 0.6) is 0 Å². The summed E-state index contributed by atoms with van der Waals surface area (Å²) in [7, 11) is 1.58. The lowest BCUT2D eigenvalue weighted by molar-refractivity contribution is 0.182. The molecule has 0 aliphatic rings. The molecule has 0 aliphatic heterocycles. The summed E-state index contributed by atoms with van der Waals surface area (Å²) in [5.41, 5.74) is 0.315. The number of anilines is 1. The van der Waals surface area contributed by atoms with E-state index in [1.54, 1.807) is 13.3 Å². The summed E-state index contributed by atoms with van der Waals surface area (Å²) in [5, 5.41) is 7.60. The van der Waals surface area contributed by atoms with Crippen molar-refractivity contribution >= 4 is 17.3 Å². The zero-order valence-electron chi connectivity index (χ0n) is 12.6. The van der Waals surface area contributed by atoms with E-state index in [4.69, 9.17) is 16.3 Å². The van der Waals surface area contributed by atoms with Crippen LogP contribution in [0.15, 0.2) is 11.0 Å². The second-order valence-corrected chi connectivity index (χ2v) is 5.28. The van der Waals surface area contributed by atoms with E-state index in [2.05, 4.69) is 31.2 Å². The maximum atomic E-state index is 12.1. The quantitative estimate of drug-likeness (QED) is 0.802. The first-order valence-corrected chi connectivity index (χ1v) is 7.43. The summed E-state index contributed by atoms with van der Waals surface area (Å²) in [6.45, 7) is 7.26. The Morgan fingerprint density at radius 3 is 2.65 bits per heavy atom. The number of methoxy groups -OCH3 is 1. The van der Waals surface area contributed by atoms with Gasteiger partial charge in [0, 0.05) is 13.2 Å². The Kier molecular flexibility index (Phi) is 7.02. The maximum absolute atomic E-state index is 12.1. The Morgan fingerprint density at radius 1 is 1.45 bits per heavy atom. The highest BCUT2D eigenvalue weighted by Crippen LogP contribution is 2.21. The van der Waals surface area contributed by atoms with Crippen molar-refractivity contribution in [2.24, 2.45) is 5.92 Å². The van der Waals surface area contributed by atoms with Gasteiger partial charge in [-0.05, 0) is 12.8 Å². The van der Waals surface area contributed by atoms with E-state index in [-0.39, 0.29) is 16.6 Å². The van der Waals surface area contributed by atoms with Crippen LogP contribution < -0.4 is 10.9 Å². The minimum absolute atomic E-state index is 0.189. The van der Waals surface area contributed by atoms with Crippen LogP contribution in [0.3, 0.4) is 0 Å². The van der Waals surface area contributed by atoms with Gasteiger partial charge in [0.1, 0.15) is 5.02 Å². The monoisotopic (exact) mass is 301 g/mol. The van der Waals surface area contributed by atoms with Gasteiger partial charge in [-0.1, -0.05) is 38.3 Å². The minimum atomic E-state index is -0.287. The lowest BCUT2D eigenvalue weighted by atomic mass is 9.95. The zero-order valence-corrected chi connectivity index (χ0v) is 13.4. The normalized spacial score (nSPS) is 12.7. The lowest BCUT2D eigenvalue weighted by Gasteiger charge is -2.23. The molecule has 0 aliphatic carbocycles. The predicted octanol–water partition coefficient (Wildman–Crippen LogP) is 2.78. The molecule has 5 nitrogen and oxygen atoms in total. The van der Waals surface area contributed by atoms with Gasteiger partial charge in [-0.2, -0.15) is 5.10 Å². The maximum Gasteiger partial charge on any atom is 0.287 e. The second kappa shape index (κ2) is 8.27. The number of rotatable bonds is 8. The van der Waals surface area contributed by atoms with Crippen molar-refractivity contribution in [1.82, 2.24) is 9.78 Å². The molecular formula is C14H24ClN3O2. The number of hydrogen-bond donors (Lipinski definition) is 1. The first-order chi connectivity index (χ1) is 9.54. The van der Waals surface area contributed by atoms with Crippen LogP contribution >= 0.6 is 11.6 Å². The van der Waals surface area contributed by atoms with Crippen LogP contribution in [0.25, 0.3) is 0 Å². The van der Waals surface area contributed by atoms with E-state index in [1.165, 1.54) is 4.68 Å². The first kappa shape index (κ1) is 17.0. The number of ether oxygens (including phenoxy) is 1. The SMILES string of the molecule is CCC(CC)C(C)Nc1cnn(CCOC)c(=O)c1Cl. The molecule has 0 bridgehead atoms. The van der Waals surface area contributed by atoms with Gasteiger partial charge in [0.05, 0.1) is 25.0 Å². The molecule has 0 spiro atoms. The minimum Gasteiger partial charge on any atom is -0.383 e. The molecule has 1 aromatic heterocycles. The molecule has 0 radical (unpaired) electrons. The molecule has 0 saturated carbocycles. The molecule has 20 heavy (non-hydrogen) atoms. The van der Waals surface area contributed by atoms with Crippen molar-refractivity contribution in [2.45, 2.75) is 46.2 Å². The smallest absolute Gasteiger partial charge is 0.287 e. The Bertz CT molecular complexity index is 472. The highest BCUT2D eigenvalue weighted by atomic mass is 35.5. The number of aromatic nitrogens is 2. The van der Waals surface area contributed by atoms with E-state index in [1.807, 2.05) is 0 Å². The van der Waals surface area contributed by atoms with E-state index in [0.29, 0.717) is 24.8 Å². The fourth-order valence-corrected chi connectivity index (χ4v) is 2.46. The van der Waals surface area contributed by atoms with Gasteiger partial charge in [-0.25, -0.2) is 4.68 Å². The molecule has 1 unspecified atom stereocenters. The van der Waals surface area contributed by atoms with Crippen molar-refractivity contribution in [3.63, 3.8) is 0 Å². The highest BCUT2D eigenvalue weighted by Gasteiger charge is 2.16. The fraction of sp³-hybridized carbons (Fsp3) is 0.714. The molecule has 0 aromatic carbocycles. The molecule has 0 amide bonds. The van der Waals surface area contributed by atoms with Gasteiger partial charge in [0.25, 0.3) is 5.56 Å². The van der Waals surface area contributed by atoms with E-state index in [0.717, 1.165) is 12.8 Å². The van der Waals surface area contributed by atoms with Crippen molar-refractivity contribution in [3.05, 3.63) is 21.6 Å². The molecule has 1 rings (SSSR count). The third kappa shape index (κ3) is 4.21. The Hall–Kier alpha value is -1.07. The Labute approximate surface area is 125 Å². The number of hydrogen-bond acceptors (Lipinski definition) is 4. The van der Waals surface area contributed by atoms with Crippen LogP contribution in [-0.2, 0) is 11.3 Å². The summed E-state index contributed by atoms with van der Waals surface area (Å²) in [5.74, 6) is 0.544. The van der Waals surface area contributed by atoms with Crippen LogP contribution in [0, 0.1) is 5.92 Å².